The molecule has 0 amide bonds. The van der Waals surface area contributed by atoms with Crippen LogP contribution in [0.2, 0.25) is 0 Å². The summed E-state index contributed by atoms with van der Waals surface area (Å²) >= 11 is 1.72. The molecule has 3 nitrogen and oxygen atoms in total. The lowest BCUT2D eigenvalue weighted by Crippen LogP contribution is -2.16. The van der Waals surface area contributed by atoms with Gasteiger partial charge in [-0.3, -0.25) is 4.40 Å². The third-order valence-electron chi connectivity index (χ3n) is 2.83. The first-order chi connectivity index (χ1) is 7.74. The highest BCUT2D eigenvalue weighted by molar-refractivity contribution is 7.15. The smallest absolute Gasteiger partial charge is 0.194 e. The summed E-state index contributed by atoms with van der Waals surface area (Å²) in [5.74, 6) is 0. The van der Waals surface area contributed by atoms with Gasteiger partial charge in [-0.2, -0.15) is 0 Å². The maximum Gasteiger partial charge on any atom is 0.194 e. The first kappa shape index (κ1) is 11.6. The van der Waals surface area contributed by atoms with Crippen molar-refractivity contribution in [2.75, 3.05) is 6.54 Å². The molecule has 4 heteroatoms. The third-order valence-corrected chi connectivity index (χ3v) is 3.77. The van der Waals surface area contributed by atoms with E-state index in [1.165, 1.54) is 24.2 Å². The van der Waals surface area contributed by atoms with Crippen LogP contribution in [0.4, 0.5) is 0 Å². The first-order valence-corrected chi connectivity index (χ1v) is 6.74. The monoisotopic (exact) mass is 237 g/mol. The molecule has 2 rings (SSSR count). The maximum atomic E-state index is 4.57. The van der Waals surface area contributed by atoms with Gasteiger partial charge in [-0.05, 0) is 26.8 Å². The van der Waals surface area contributed by atoms with E-state index in [4.69, 9.17) is 0 Å². The highest BCUT2D eigenvalue weighted by Crippen LogP contribution is 2.20. The van der Waals surface area contributed by atoms with Gasteiger partial charge < -0.3 is 5.32 Å². The summed E-state index contributed by atoms with van der Waals surface area (Å²) in [4.78, 5) is 5.69. The molecule has 0 saturated carbocycles. The Morgan fingerprint density at radius 1 is 1.44 bits per heavy atom. The molecule has 0 spiro atoms. The first-order valence-electron chi connectivity index (χ1n) is 5.86. The van der Waals surface area contributed by atoms with Crippen molar-refractivity contribution in [3.05, 3.63) is 22.5 Å². The number of thiazole rings is 1. The highest BCUT2D eigenvalue weighted by atomic mass is 32.1. The van der Waals surface area contributed by atoms with Crippen molar-refractivity contribution < 1.29 is 0 Å². The maximum absolute atomic E-state index is 4.57. The van der Waals surface area contributed by atoms with E-state index in [2.05, 4.69) is 40.9 Å². The van der Waals surface area contributed by atoms with Crippen molar-refractivity contribution in [2.45, 2.75) is 40.2 Å². The van der Waals surface area contributed by atoms with Crippen molar-refractivity contribution in [3.63, 3.8) is 0 Å². The van der Waals surface area contributed by atoms with Gasteiger partial charge in [0.05, 0.1) is 11.4 Å². The number of nitrogens with zero attached hydrogens (tertiary/aromatic N) is 2. The molecule has 0 fully saturated rings. The lowest BCUT2D eigenvalue weighted by molar-refractivity contribution is 0.628. The summed E-state index contributed by atoms with van der Waals surface area (Å²) in [6.07, 6.45) is 2.48. The molecule has 0 bridgehead atoms. The summed E-state index contributed by atoms with van der Waals surface area (Å²) in [5, 5.41) is 5.65. The molecule has 0 aliphatic carbocycles. The Balaban J connectivity index is 2.15. The second kappa shape index (κ2) is 4.97. The van der Waals surface area contributed by atoms with Crippen molar-refractivity contribution in [1.82, 2.24) is 14.7 Å². The second-order valence-electron chi connectivity index (χ2n) is 4.17. The van der Waals surface area contributed by atoms with Crippen LogP contribution < -0.4 is 5.32 Å². The number of aryl methyl sites for hydroxylation is 2. The lowest BCUT2D eigenvalue weighted by atomic mass is 10.3. The van der Waals surface area contributed by atoms with Gasteiger partial charge in [0.1, 0.15) is 0 Å². The minimum Gasteiger partial charge on any atom is -0.311 e. The van der Waals surface area contributed by atoms with E-state index in [-0.39, 0.29) is 0 Å². The standard InChI is InChI=1S/C12H19N3S/c1-4-5-6-13-7-11-10(3)14-12-15(11)9(2)8-16-12/h8,13H,4-7H2,1-3H3. The van der Waals surface area contributed by atoms with Gasteiger partial charge in [0.2, 0.25) is 0 Å². The van der Waals surface area contributed by atoms with Gasteiger partial charge in [-0.1, -0.05) is 13.3 Å². The van der Waals surface area contributed by atoms with E-state index in [1.807, 2.05) is 0 Å². The summed E-state index contributed by atoms with van der Waals surface area (Å²) < 4.78 is 2.26. The van der Waals surface area contributed by atoms with E-state index >= 15 is 0 Å². The fourth-order valence-corrected chi connectivity index (χ4v) is 2.81. The number of hydrogen-bond acceptors (Lipinski definition) is 3. The molecule has 1 N–H and O–H groups in total. The van der Waals surface area contributed by atoms with Crippen LogP contribution in [0, 0.1) is 13.8 Å². The Labute approximate surface area is 101 Å². The average Bonchev–Trinajstić information content (AvgIpc) is 2.75. The molecule has 2 aromatic rings. The van der Waals surface area contributed by atoms with Crippen LogP contribution in [0.15, 0.2) is 5.38 Å². The minimum absolute atomic E-state index is 0.921. The SMILES string of the molecule is CCCCNCc1c(C)nc2scc(C)n12. The molecule has 88 valence electrons. The summed E-state index contributed by atoms with van der Waals surface area (Å²) in [6, 6.07) is 0. The van der Waals surface area contributed by atoms with Crippen molar-refractivity contribution in [3.8, 4) is 0 Å². The van der Waals surface area contributed by atoms with Crippen molar-refractivity contribution >= 4 is 16.3 Å². The molecule has 2 aromatic heterocycles. The largest absolute Gasteiger partial charge is 0.311 e. The molecule has 0 saturated heterocycles. The van der Waals surface area contributed by atoms with Crippen LogP contribution >= 0.6 is 11.3 Å². The zero-order valence-electron chi connectivity index (χ0n) is 10.2. The van der Waals surface area contributed by atoms with Gasteiger partial charge in [-0.25, -0.2) is 4.98 Å². The van der Waals surface area contributed by atoms with E-state index in [0.29, 0.717) is 0 Å². The Hall–Kier alpha value is -0.870. The van der Waals surface area contributed by atoms with Gasteiger partial charge >= 0.3 is 0 Å². The number of rotatable bonds is 5. The lowest BCUT2D eigenvalue weighted by Gasteiger charge is -2.05. The molecule has 2 heterocycles. The van der Waals surface area contributed by atoms with E-state index in [0.717, 1.165) is 23.7 Å². The van der Waals surface area contributed by atoms with Crippen molar-refractivity contribution in [1.29, 1.82) is 0 Å². The fourth-order valence-electron chi connectivity index (χ4n) is 1.88. The van der Waals surface area contributed by atoms with Crippen LogP contribution in [0.1, 0.15) is 36.8 Å². The Kier molecular flexibility index (Phi) is 3.61. The number of unbranched alkanes of at least 4 members (excludes halogenated alkanes) is 1. The molecule has 0 radical (unpaired) electrons. The van der Waals surface area contributed by atoms with E-state index in [9.17, 15) is 0 Å². The van der Waals surface area contributed by atoms with Crippen LogP contribution in [0.5, 0.6) is 0 Å². The molecule has 0 atom stereocenters. The molecule has 16 heavy (non-hydrogen) atoms. The molecule has 0 aliphatic heterocycles. The topological polar surface area (TPSA) is 29.3 Å². The van der Waals surface area contributed by atoms with E-state index in [1.54, 1.807) is 11.3 Å². The number of nitrogens with one attached hydrogen (secondary N) is 1. The Bertz CT molecular complexity index is 470. The summed E-state index contributed by atoms with van der Waals surface area (Å²) in [6.45, 7) is 8.46. The predicted molar refractivity (Wildman–Crippen MR) is 69.2 cm³/mol. The van der Waals surface area contributed by atoms with Gasteiger partial charge in [-0.15, -0.1) is 11.3 Å². The van der Waals surface area contributed by atoms with Gasteiger partial charge in [0.25, 0.3) is 0 Å². The summed E-state index contributed by atoms with van der Waals surface area (Å²) in [7, 11) is 0. The van der Waals surface area contributed by atoms with Crippen LogP contribution in [0.3, 0.4) is 0 Å². The number of imidazole rings is 1. The summed E-state index contributed by atoms with van der Waals surface area (Å²) in [5.41, 5.74) is 3.75. The minimum atomic E-state index is 0.921. The number of aromatic nitrogens is 2. The second-order valence-corrected chi connectivity index (χ2v) is 5.01. The molecular formula is C12H19N3S. The molecule has 0 unspecified atom stereocenters. The predicted octanol–water partition coefficient (Wildman–Crippen LogP) is 2.90. The number of fused-ring (bicyclic) bond motifs is 1. The average molecular weight is 237 g/mol. The molecular weight excluding hydrogens is 218 g/mol. The Morgan fingerprint density at radius 2 is 2.25 bits per heavy atom. The normalized spacial score (nSPS) is 11.4. The number of hydrogen-bond donors (Lipinski definition) is 1. The quantitative estimate of drug-likeness (QED) is 0.810. The third kappa shape index (κ3) is 2.13. The van der Waals surface area contributed by atoms with Crippen molar-refractivity contribution in [2.24, 2.45) is 0 Å². The molecule has 0 aromatic carbocycles. The van der Waals surface area contributed by atoms with Gasteiger partial charge in [0.15, 0.2) is 4.96 Å². The highest BCUT2D eigenvalue weighted by Gasteiger charge is 2.11. The zero-order chi connectivity index (χ0) is 11.5. The van der Waals surface area contributed by atoms with E-state index < -0.39 is 0 Å². The fraction of sp³-hybridized carbons (Fsp3) is 0.583. The van der Waals surface area contributed by atoms with Crippen LogP contribution in [-0.2, 0) is 6.54 Å². The molecule has 0 aliphatic rings. The zero-order valence-corrected chi connectivity index (χ0v) is 11.0. The Morgan fingerprint density at radius 3 is 3.00 bits per heavy atom. The van der Waals surface area contributed by atoms with Crippen LogP contribution in [0.25, 0.3) is 4.96 Å². The van der Waals surface area contributed by atoms with Gasteiger partial charge in [0, 0.05) is 17.6 Å². The van der Waals surface area contributed by atoms with Crippen LogP contribution in [-0.4, -0.2) is 15.9 Å².